The first-order valence-electron chi connectivity index (χ1n) is 3.46. The summed E-state index contributed by atoms with van der Waals surface area (Å²) < 4.78 is 9.09. The highest BCUT2D eigenvalue weighted by Gasteiger charge is 1.86. The minimum Gasteiger partial charge on any atom is -0.361 e. The van der Waals surface area contributed by atoms with Gasteiger partial charge in [0.2, 0.25) is 9.23 Å². The highest BCUT2D eigenvalue weighted by molar-refractivity contribution is 8.26. The number of fused-ring (bicyclic) bond motifs is 1. The van der Waals surface area contributed by atoms with Crippen molar-refractivity contribution in [3.8, 4) is 0 Å². The minimum atomic E-state index is -1.67. The molecular formula is C8H7Cl2NOS. The van der Waals surface area contributed by atoms with Crippen molar-refractivity contribution in [2.75, 3.05) is 0 Å². The molecule has 0 amide bonds. The fraction of sp³-hybridized carbons (Fsp3) is 0. The third-order valence-electron chi connectivity index (χ3n) is 1.46. The Balaban J connectivity index is 0.000000184. The van der Waals surface area contributed by atoms with E-state index in [2.05, 4.69) is 44.5 Å². The number of halogens is 2. The summed E-state index contributed by atoms with van der Waals surface area (Å²) in [6, 6.07) is 10.3. The number of para-hydroxylation sites is 1. The van der Waals surface area contributed by atoms with E-state index in [-0.39, 0.29) is 0 Å². The molecule has 13 heavy (non-hydrogen) atoms. The smallest absolute Gasteiger partial charge is 0.211 e. The number of hydrogen-bond donors (Lipinski definition) is 1. The van der Waals surface area contributed by atoms with E-state index in [1.54, 1.807) is 0 Å². The first-order chi connectivity index (χ1) is 6.20. The van der Waals surface area contributed by atoms with Gasteiger partial charge in [-0.3, -0.25) is 0 Å². The number of H-pyrrole nitrogens is 1. The van der Waals surface area contributed by atoms with Crippen LogP contribution < -0.4 is 0 Å². The normalized spacial score (nSPS) is 9.77. The van der Waals surface area contributed by atoms with Gasteiger partial charge in [0.1, 0.15) is 0 Å². The highest BCUT2D eigenvalue weighted by atomic mass is 36.0. The fourth-order valence-corrected chi connectivity index (χ4v) is 0.995. The molecule has 0 saturated carbocycles. The predicted octanol–water partition coefficient (Wildman–Crippen LogP) is 3.21. The van der Waals surface area contributed by atoms with Gasteiger partial charge in [-0.15, -0.1) is 0 Å². The second-order valence-corrected chi connectivity index (χ2v) is 4.77. The number of benzene rings is 1. The van der Waals surface area contributed by atoms with E-state index in [9.17, 15) is 0 Å². The molecule has 0 unspecified atom stereocenters. The number of aromatic nitrogens is 1. The van der Waals surface area contributed by atoms with Crippen LogP contribution in [0.25, 0.3) is 10.9 Å². The third kappa shape index (κ3) is 3.81. The van der Waals surface area contributed by atoms with Gasteiger partial charge in [-0.2, -0.15) is 0 Å². The molecule has 70 valence electrons. The second-order valence-electron chi connectivity index (χ2n) is 2.25. The zero-order valence-electron chi connectivity index (χ0n) is 6.54. The summed E-state index contributed by atoms with van der Waals surface area (Å²) >= 11 is 0. The van der Waals surface area contributed by atoms with Gasteiger partial charge in [0.15, 0.2) is 0 Å². The van der Waals surface area contributed by atoms with Gasteiger partial charge in [-0.05, 0) is 17.5 Å². The van der Waals surface area contributed by atoms with Gasteiger partial charge in [0.05, 0.1) is 0 Å². The molecule has 0 atom stereocenters. The van der Waals surface area contributed by atoms with Crippen molar-refractivity contribution >= 4 is 41.5 Å². The van der Waals surface area contributed by atoms with Gasteiger partial charge >= 0.3 is 0 Å². The molecule has 2 nitrogen and oxygen atoms in total. The van der Waals surface area contributed by atoms with Crippen LogP contribution in [-0.4, -0.2) is 9.19 Å². The molecule has 1 aromatic heterocycles. The quantitative estimate of drug-likeness (QED) is 0.700. The Kier molecular flexibility index (Phi) is 4.28. The van der Waals surface area contributed by atoms with E-state index < -0.39 is 9.23 Å². The summed E-state index contributed by atoms with van der Waals surface area (Å²) in [5, 5.41) is 1.28. The number of rotatable bonds is 0. The zero-order chi connectivity index (χ0) is 9.68. The van der Waals surface area contributed by atoms with Crippen LogP contribution in [0.1, 0.15) is 0 Å². The number of aromatic amines is 1. The molecule has 0 radical (unpaired) electrons. The van der Waals surface area contributed by atoms with Crippen molar-refractivity contribution in [2.24, 2.45) is 0 Å². The van der Waals surface area contributed by atoms with E-state index in [0.29, 0.717) is 0 Å². The van der Waals surface area contributed by atoms with Gasteiger partial charge in [-0.1, -0.05) is 18.2 Å². The summed E-state index contributed by atoms with van der Waals surface area (Å²) in [7, 11) is 7.36. The lowest BCUT2D eigenvalue weighted by Crippen LogP contribution is -1.61. The maximum absolute atomic E-state index is 9.09. The molecule has 5 heteroatoms. The monoisotopic (exact) mass is 235 g/mol. The predicted molar refractivity (Wildman–Crippen MR) is 58.1 cm³/mol. The first-order valence-corrected chi connectivity index (χ1v) is 6.27. The Morgan fingerprint density at radius 2 is 1.77 bits per heavy atom. The Labute approximate surface area is 87.3 Å². The Hall–Kier alpha value is -0.510. The van der Waals surface area contributed by atoms with Crippen LogP contribution in [0.4, 0.5) is 0 Å². The molecule has 0 bridgehead atoms. The van der Waals surface area contributed by atoms with Crippen molar-refractivity contribution in [1.82, 2.24) is 4.98 Å². The minimum absolute atomic E-state index is 1.21. The third-order valence-corrected chi connectivity index (χ3v) is 1.46. The van der Waals surface area contributed by atoms with Crippen LogP contribution in [0.3, 0.4) is 0 Å². The zero-order valence-corrected chi connectivity index (χ0v) is 8.86. The Morgan fingerprint density at radius 1 is 1.15 bits per heavy atom. The Morgan fingerprint density at radius 3 is 2.38 bits per heavy atom. The van der Waals surface area contributed by atoms with Crippen molar-refractivity contribution in [2.45, 2.75) is 0 Å². The lowest BCUT2D eigenvalue weighted by Gasteiger charge is -1.83. The fourth-order valence-electron chi connectivity index (χ4n) is 0.995. The first kappa shape index (κ1) is 10.6. The molecular weight excluding hydrogens is 229 g/mol. The van der Waals surface area contributed by atoms with E-state index in [1.165, 1.54) is 10.9 Å². The van der Waals surface area contributed by atoms with E-state index in [4.69, 9.17) is 4.21 Å². The molecule has 1 aromatic carbocycles. The van der Waals surface area contributed by atoms with Crippen molar-refractivity contribution in [1.29, 1.82) is 0 Å². The standard InChI is InChI=1S/C8H7N.Cl2OS/c1-2-4-8-7(3-1)5-6-9-8;1-4(2)3/h1-6,9H;. The molecule has 2 aromatic rings. The summed E-state index contributed by atoms with van der Waals surface area (Å²) in [6.07, 6.45) is 1.95. The van der Waals surface area contributed by atoms with Crippen molar-refractivity contribution in [3.05, 3.63) is 36.5 Å². The number of nitrogens with one attached hydrogen (secondary N) is 1. The average Bonchev–Trinajstić information content (AvgIpc) is 2.49. The lowest BCUT2D eigenvalue weighted by atomic mass is 10.3. The van der Waals surface area contributed by atoms with Crippen molar-refractivity contribution in [3.63, 3.8) is 0 Å². The van der Waals surface area contributed by atoms with Gasteiger partial charge < -0.3 is 4.98 Å². The molecule has 0 spiro atoms. The van der Waals surface area contributed by atoms with Crippen LogP contribution >= 0.6 is 21.4 Å². The van der Waals surface area contributed by atoms with Crippen LogP contribution in [0.15, 0.2) is 36.5 Å². The van der Waals surface area contributed by atoms with Crippen LogP contribution in [0.2, 0.25) is 0 Å². The van der Waals surface area contributed by atoms with Crippen molar-refractivity contribution < 1.29 is 4.21 Å². The van der Waals surface area contributed by atoms with E-state index in [0.717, 1.165) is 0 Å². The molecule has 0 aliphatic heterocycles. The summed E-state index contributed by atoms with van der Waals surface area (Å²) in [4.78, 5) is 3.12. The molecule has 2 rings (SSSR count). The lowest BCUT2D eigenvalue weighted by molar-refractivity contribution is 0.698. The van der Waals surface area contributed by atoms with Gasteiger partial charge in [0, 0.05) is 33.1 Å². The molecule has 0 fully saturated rings. The molecule has 0 saturated heterocycles. The van der Waals surface area contributed by atoms with E-state index >= 15 is 0 Å². The molecule has 1 heterocycles. The van der Waals surface area contributed by atoms with Gasteiger partial charge in [0.25, 0.3) is 0 Å². The maximum Gasteiger partial charge on any atom is 0.211 e. The topological polar surface area (TPSA) is 32.9 Å². The SMILES string of the molecule is O=S(Cl)Cl.c1ccc2[nH]ccc2c1. The Bertz CT molecular complexity index is 367. The summed E-state index contributed by atoms with van der Waals surface area (Å²) in [6.45, 7) is 0. The van der Waals surface area contributed by atoms with Gasteiger partial charge in [-0.25, -0.2) is 4.21 Å². The van der Waals surface area contributed by atoms with E-state index in [1.807, 2.05) is 18.3 Å². The molecule has 1 N–H and O–H groups in total. The average molecular weight is 236 g/mol. The maximum atomic E-state index is 9.09. The van der Waals surface area contributed by atoms with Crippen LogP contribution in [0.5, 0.6) is 0 Å². The van der Waals surface area contributed by atoms with Crippen LogP contribution in [-0.2, 0) is 9.23 Å². The largest absolute Gasteiger partial charge is 0.361 e. The summed E-state index contributed by atoms with van der Waals surface area (Å²) in [5.41, 5.74) is 1.21. The molecule has 0 aliphatic carbocycles. The summed E-state index contributed by atoms with van der Waals surface area (Å²) in [5.74, 6) is 0. The second kappa shape index (κ2) is 5.27. The van der Waals surface area contributed by atoms with Crippen LogP contribution in [0, 0.1) is 0 Å². The highest BCUT2D eigenvalue weighted by Crippen LogP contribution is 2.09. The molecule has 0 aliphatic rings. The number of hydrogen-bond acceptors (Lipinski definition) is 1.